The number of imidazole rings is 1. The minimum atomic E-state index is 0.412. The summed E-state index contributed by atoms with van der Waals surface area (Å²) in [4.78, 5) is 4.47. The van der Waals surface area contributed by atoms with E-state index in [0.717, 1.165) is 13.0 Å². The fourth-order valence-corrected chi connectivity index (χ4v) is 2.10. The molecule has 3 nitrogen and oxygen atoms in total. The van der Waals surface area contributed by atoms with E-state index in [-0.39, 0.29) is 0 Å². The molecule has 0 fully saturated rings. The predicted molar refractivity (Wildman–Crippen MR) is 77.5 cm³/mol. The Morgan fingerprint density at radius 3 is 2.89 bits per heavy atom. The molecule has 102 valence electrons. The monoisotopic (exact) mass is 249 g/mol. The highest BCUT2D eigenvalue weighted by Crippen LogP contribution is 2.18. The smallest absolute Gasteiger partial charge is 0.0947 e. The number of hydrogen-bond acceptors (Lipinski definition) is 2. The Labute approximate surface area is 111 Å². The van der Waals surface area contributed by atoms with Crippen molar-refractivity contribution in [2.45, 2.75) is 51.5 Å². The molecule has 1 aromatic rings. The van der Waals surface area contributed by atoms with Gasteiger partial charge in [0, 0.05) is 13.2 Å². The molecule has 1 aromatic heterocycles. The summed E-state index contributed by atoms with van der Waals surface area (Å²) >= 11 is 0. The van der Waals surface area contributed by atoms with Gasteiger partial charge < -0.3 is 9.88 Å². The first-order chi connectivity index (χ1) is 8.77. The van der Waals surface area contributed by atoms with Gasteiger partial charge in [0.05, 0.1) is 18.1 Å². The topological polar surface area (TPSA) is 29.9 Å². The van der Waals surface area contributed by atoms with E-state index in [9.17, 15) is 0 Å². The Balaban J connectivity index is 2.38. The van der Waals surface area contributed by atoms with Crippen molar-refractivity contribution in [2.75, 3.05) is 6.54 Å². The highest BCUT2D eigenvalue weighted by molar-refractivity contribution is 5.03. The maximum Gasteiger partial charge on any atom is 0.0947 e. The van der Waals surface area contributed by atoms with E-state index in [0.29, 0.717) is 6.04 Å². The van der Waals surface area contributed by atoms with Crippen LogP contribution < -0.4 is 5.32 Å². The van der Waals surface area contributed by atoms with E-state index in [1.807, 2.05) is 24.0 Å². The number of unbranched alkanes of at least 4 members (excludes halogenated alkanes) is 3. The Bertz CT molecular complexity index is 330. The number of aromatic nitrogens is 2. The number of allylic oxidation sites excluding steroid dienone is 1. The molecule has 0 bridgehead atoms. The van der Waals surface area contributed by atoms with Crippen molar-refractivity contribution in [1.82, 2.24) is 14.9 Å². The summed E-state index contributed by atoms with van der Waals surface area (Å²) in [5.41, 5.74) is 1.18. The second kappa shape index (κ2) is 8.92. The fraction of sp³-hybridized carbons (Fsp3) is 0.667. The first kappa shape index (κ1) is 15.0. The van der Waals surface area contributed by atoms with Crippen molar-refractivity contribution in [3.05, 3.63) is 30.9 Å². The lowest BCUT2D eigenvalue weighted by Gasteiger charge is -2.16. The highest BCUT2D eigenvalue weighted by atomic mass is 15.0. The van der Waals surface area contributed by atoms with Crippen molar-refractivity contribution < 1.29 is 0 Å². The molecule has 0 aliphatic rings. The van der Waals surface area contributed by atoms with Gasteiger partial charge in [0.15, 0.2) is 0 Å². The molecular weight excluding hydrogens is 222 g/mol. The van der Waals surface area contributed by atoms with Crippen LogP contribution in [0.2, 0.25) is 0 Å². The average Bonchev–Trinajstić information content (AvgIpc) is 2.79. The first-order valence-electron chi connectivity index (χ1n) is 7.10. The third kappa shape index (κ3) is 5.50. The van der Waals surface area contributed by atoms with E-state index in [1.165, 1.54) is 37.8 Å². The molecule has 1 unspecified atom stereocenters. The average molecular weight is 249 g/mol. The van der Waals surface area contributed by atoms with Crippen molar-refractivity contribution in [1.29, 1.82) is 0 Å². The molecule has 0 saturated carbocycles. The van der Waals surface area contributed by atoms with Gasteiger partial charge in [-0.3, -0.25) is 0 Å². The van der Waals surface area contributed by atoms with Gasteiger partial charge in [0.1, 0.15) is 0 Å². The van der Waals surface area contributed by atoms with Gasteiger partial charge in [0.25, 0.3) is 0 Å². The molecule has 1 N–H and O–H groups in total. The summed E-state index contributed by atoms with van der Waals surface area (Å²) in [5, 5.41) is 3.59. The second-order valence-electron chi connectivity index (χ2n) is 4.90. The van der Waals surface area contributed by atoms with Crippen LogP contribution in [0.25, 0.3) is 0 Å². The number of rotatable bonds is 10. The summed E-state index contributed by atoms with van der Waals surface area (Å²) in [6, 6.07) is 0.412. The van der Waals surface area contributed by atoms with Crippen LogP contribution in [0.1, 0.15) is 57.2 Å². The number of nitrogens with zero attached hydrogens (tertiary/aromatic N) is 2. The van der Waals surface area contributed by atoms with Gasteiger partial charge in [-0.25, -0.2) is 4.98 Å². The van der Waals surface area contributed by atoms with Crippen LogP contribution in [0.5, 0.6) is 0 Å². The SMILES string of the molecule is C=CCCCCCC(NCCC)c1cn(C)cn1. The zero-order valence-corrected chi connectivity index (χ0v) is 11.9. The van der Waals surface area contributed by atoms with Crippen LogP contribution >= 0.6 is 0 Å². The molecule has 0 spiro atoms. The lowest BCUT2D eigenvalue weighted by molar-refractivity contribution is 0.464. The number of nitrogens with one attached hydrogen (secondary N) is 1. The molecule has 18 heavy (non-hydrogen) atoms. The molecule has 0 amide bonds. The van der Waals surface area contributed by atoms with Crippen molar-refractivity contribution in [3.63, 3.8) is 0 Å². The molecule has 3 heteroatoms. The standard InChI is InChI=1S/C15H27N3/c1-4-6-7-8-9-10-14(16-11-5-2)15-12-18(3)13-17-15/h4,12-14,16H,1,5-11H2,2-3H3. The lowest BCUT2D eigenvalue weighted by Crippen LogP contribution is -2.22. The normalized spacial score (nSPS) is 12.6. The van der Waals surface area contributed by atoms with E-state index in [2.05, 4.69) is 30.0 Å². The summed E-state index contributed by atoms with van der Waals surface area (Å²) in [6.07, 6.45) is 13.3. The van der Waals surface area contributed by atoms with Gasteiger partial charge in [-0.2, -0.15) is 0 Å². The Morgan fingerprint density at radius 1 is 1.44 bits per heavy atom. The Hall–Kier alpha value is -1.09. The third-order valence-corrected chi connectivity index (χ3v) is 3.12. The molecule has 1 atom stereocenters. The molecule has 0 aromatic carbocycles. The molecule has 1 heterocycles. The molecule has 0 radical (unpaired) electrons. The number of aryl methyl sites for hydroxylation is 1. The Kier molecular flexibility index (Phi) is 7.42. The van der Waals surface area contributed by atoms with E-state index in [4.69, 9.17) is 0 Å². The quantitative estimate of drug-likeness (QED) is 0.507. The summed E-state index contributed by atoms with van der Waals surface area (Å²) in [7, 11) is 2.03. The number of hydrogen-bond donors (Lipinski definition) is 1. The van der Waals surface area contributed by atoms with Crippen LogP contribution in [0.3, 0.4) is 0 Å². The summed E-state index contributed by atoms with van der Waals surface area (Å²) < 4.78 is 2.02. The van der Waals surface area contributed by atoms with Gasteiger partial charge in [0.2, 0.25) is 0 Å². The summed E-state index contributed by atoms with van der Waals surface area (Å²) in [5.74, 6) is 0. The lowest BCUT2D eigenvalue weighted by atomic mass is 10.0. The molecule has 0 saturated heterocycles. The predicted octanol–water partition coefficient (Wildman–Crippen LogP) is 3.60. The van der Waals surface area contributed by atoms with Crippen LogP contribution in [0.4, 0.5) is 0 Å². The van der Waals surface area contributed by atoms with Crippen LogP contribution in [0.15, 0.2) is 25.2 Å². The molecule has 0 aliphatic carbocycles. The van der Waals surface area contributed by atoms with Crippen LogP contribution in [-0.4, -0.2) is 16.1 Å². The van der Waals surface area contributed by atoms with Gasteiger partial charge in [-0.05, 0) is 32.2 Å². The fourth-order valence-electron chi connectivity index (χ4n) is 2.10. The Morgan fingerprint density at radius 2 is 2.28 bits per heavy atom. The maximum absolute atomic E-state index is 4.47. The van der Waals surface area contributed by atoms with Crippen molar-refractivity contribution >= 4 is 0 Å². The van der Waals surface area contributed by atoms with Crippen molar-refractivity contribution in [2.24, 2.45) is 7.05 Å². The maximum atomic E-state index is 4.47. The minimum absolute atomic E-state index is 0.412. The molecular formula is C15H27N3. The zero-order valence-electron chi connectivity index (χ0n) is 11.9. The minimum Gasteiger partial charge on any atom is -0.340 e. The van der Waals surface area contributed by atoms with Crippen LogP contribution in [-0.2, 0) is 7.05 Å². The third-order valence-electron chi connectivity index (χ3n) is 3.12. The van der Waals surface area contributed by atoms with Crippen molar-refractivity contribution in [3.8, 4) is 0 Å². The molecule has 0 aliphatic heterocycles. The second-order valence-corrected chi connectivity index (χ2v) is 4.90. The highest BCUT2D eigenvalue weighted by Gasteiger charge is 2.12. The van der Waals surface area contributed by atoms with Gasteiger partial charge in [-0.1, -0.05) is 25.8 Å². The largest absolute Gasteiger partial charge is 0.340 e. The first-order valence-corrected chi connectivity index (χ1v) is 7.10. The molecule has 1 rings (SSSR count). The van der Waals surface area contributed by atoms with E-state index >= 15 is 0 Å². The van der Waals surface area contributed by atoms with E-state index < -0.39 is 0 Å². The van der Waals surface area contributed by atoms with Crippen LogP contribution in [0, 0.1) is 0 Å². The van der Waals surface area contributed by atoms with Gasteiger partial charge in [-0.15, -0.1) is 6.58 Å². The van der Waals surface area contributed by atoms with E-state index in [1.54, 1.807) is 0 Å². The van der Waals surface area contributed by atoms with Gasteiger partial charge >= 0.3 is 0 Å². The summed E-state index contributed by atoms with van der Waals surface area (Å²) in [6.45, 7) is 7.02. The zero-order chi connectivity index (χ0) is 13.2.